The molecule has 1 N–H and O–H groups in total. The molecule has 0 radical (unpaired) electrons. The molecule has 2 rings (SSSR count). The van der Waals surface area contributed by atoms with Crippen LogP contribution < -0.4 is 14.8 Å². The van der Waals surface area contributed by atoms with Crippen molar-refractivity contribution < 1.29 is 14.3 Å². The summed E-state index contributed by atoms with van der Waals surface area (Å²) < 4.78 is 10.6. The molecule has 0 spiro atoms. The Morgan fingerprint density at radius 2 is 1.73 bits per heavy atom. The number of rotatable bonds is 9. The fraction of sp³-hybridized carbons (Fsp3) is 0.421. The first kappa shape index (κ1) is 19.5. The third-order valence-electron chi connectivity index (χ3n) is 3.83. The van der Waals surface area contributed by atoms with Gasteiger partial charge >= 0.3 is 0 Å². The minimum absolute atomic E-state index is 0.0424. The number of carbonyl (C=O) groups excluding carboxylic acids is 1. The molecule has 1 heterocycles. The zero-order valence-electron chi connectivity index (χ0n) is 15.8. The molecule has 1 aromatic heterocycles. The van der Waals surface area contributed by atoms with Gasteiger partial charge in [-0.25, -0.2) is 9.97 Å². The second-order valence-corrected chi connectivity index (χ2v) is 5.78. The quantitative estimate of drug-likeness (QED) is 0.739. The number of nitrogens with one attached hydrogen (secondary N) is 1. The molecule has 0 aliphatic heterocycles. The zero-order chi connectivity index (χ0) is 18.9. The average molecular weight is 358 g/mol. The maximum absolute atomic E-state index is 12.6. The summed E-state index contributed by atoms with van der Waals surface area (Å²) in [6, 6.07) is 5.40. The monoisotopic (exact) mass is 358 g/mol. The number of methoxy groups -OCH3 is 2. The van der Waals surface area contributed by atoms with Gasteiger partial charge in [0.2, 0.25) is 5.95 Å². The summed E-state index contributed by atoms with van der Waals surface area (Å²) in [6.07, 6.45) is 4.93. The molecular formula is C19H26N4O3. The van der Waals surface area contributed by atoms with Crippen LogP contribution in [0.25, 0.3) is 0 Å². The third-order valence-corrected chi connectivity index (χ3v) is 3.83. The number of carbonyl (C=O) groups is 1. The average Bonchev–Trinajstić information content (AvgIpc) is 2.67. The summed E-state index contributed by atoms with van der Waals surface area (Å²) in [6.45, 7) is 5.57. The lowest BCUT2D eigenvalue weighted by molar-refractivity contribution is 0.0754. The first-order valence-corrected chi connectivity index (χ1v) is 8.73. The second-order valence-electron chi connectivity index (χ2n) is 5.78. The number of benzene rings is 1. The van der Waals surface area contributed by atoms with Crippen LogP contribution in [0.1, 0.15) is 37.0 Å². The maximum atomic E-state index is 12.6. The summed E-state index contributed by atoms with van der Waals surface area (Å²) in [5.41, 5.74) is 1.17. The lowest BCUT2D eigenvalue weighted by Crippen LogP contribution is -2.32. The van der Waals surface area contributed by atoms with Crippen molar-refractivity contribution in [3.63, 3.8) is 0 Å². The fourth-order valence-corrected chi connectivity index (χ4v) is 2.57. The van der Waals surface area contributed by atoms with Crippen molar-refractivity contribution in [2.24, 2.45) is 0 Å². The normalized spacial score (nSPS) is 10.3. The van der Waals surface area contributed by atoms with Gasteiger partial charge in [-0.1, -0.05) is 13.8 Å². The van der Waals surface area contributed by atoms with Crippen LogP contribution in [0, 0.1) is 0 Å². The van der Waals surface area contributed by atoms with E-state index in [1.165, 1.54) is 0 Å². The van der Waals surface area contributed by atoms with Gasteiger partial charge in [0.05, 0.1) is 25.5 Å². The van der Waals surface area contributed by atoms with Gasteiger partial charge in [-0.2, -0.15) is 0 Å². The van der Waals surface area contributed by atoms with Crippen LogP contribution in [0.3, 0.4) is 0 Å². The van der Waals surface area contributed by atoms with Gasteiger partial charge in [0.1, 0.15) is 11.5 Å². The topological polar surface area (TPSA) is 76.6 Å². The van der Waals surface area contributed by atoms with Gasteiger partial charge in [0.15, 0.2) is 0 Å². The number of amides is 1. The predicted molar refractivity (Wildman–Crippen MR) is 101 cm³/mol. The molecule has 0 unspecified atom stereocenters. The minimum atomic E-state index is -0.0424. The number of hydrogen-bond donors (Lipinski definition) is 1. The molecule has 0 aliphatic rings. The lowest BCUT2D eigenvalue weighted by Gasteiger charge is -2.21. The summed E-state index contributed by atoms with van der Waals surface area (Å²) in [4.78, 5) is 22.9. The molecule has 0 atom stereocenters. The molecule has 7 heteroatoms. The summed E-state index contributed by atoms with van der Waals surface area (Å²) >= 11 is 0. The van der Waals surface area contributed by atoms with E-state index in [9.17, 15) is 4.79 Å². The van der Waals surface area contributed by atoms with Gasteiger partial charge < -0.3 is 19.7 Å². The number of nitrogens with zero attached hydrogens (tertiary/aromatic N) is 3. The van der Waals surface area contributed by atoms with Crippen molar-refractivity contribution in [1.82, 2.24) is 14.9 Å². The molecule has 0 aliphatic carbocycles. The highest BCUT2D eigenvalue weighted by atomic mass is 16.5. The van der Waals surface area contributed by atoms with Gasteiger partial charge in [-0.15, -0.1) is 0 Å². The molecule has 0 saturated carbocycles. The second kappa shape index (κ2) is 9.60. The molecule has 0 saturated heterocycles. The molecule has 7 nitrogen and oxygen atoms in total. The predicted octanol–water partition coefficient (Wildman–Crippen LogP) is 3.50. The number of aromatic nitrogens is 2. The molecular weight excluding hydrogens is 332 g/mol. The highest BCUT2D eigenvalue weighted by molar-refractivity contribution is 5.93. The van der Waals surface area contributed by atoms with E-state index in [0.29, 0.717) is 28.7 Å². The molecule has 1 amide bonds. The van der Waals surface area contributed by atoms with Crippen molar-refractivity contribution in [2.75, 3.05) is 32.6 Å². The van der Waals surface area contributed by atoms with E-state index in [-0.39, 0.29) is 5.91 Å². The van der Waals surface area contributed by atoms with Crippen LogP contribution in [0.15, 0.2) is 30.6 Å². The lowest BCUT2D eigenvalue weighted by atomic mass is 10.2. The van der Waals surface area contributed by atoms with E-state index in [2.05, 4.69) is 29.1 Å². The SMILES string of the molecule is CCCN(CCC)C(=O)c1cnc(Nc2cc(OC)ccc2OC)nc1. The zero-order valence-corrected chi connectivity index (χ0v) is 15.8. The number of ether oxygens (including phenoxy) is 2. The van der Waals surface area contributed by atoms with Crippen molar-refractivity contribution in [3.8, 4) is 11.5 Å². The highest BCUT2D eigenvalue weighted by Gasteiger charge is 2.15. The Morgan fingerprint density at radius 1 is 1.08 bits per heavy atom. The number of anilines is 2. The van der Waals surface area contributed by atoms with E-state index in [4.69, 9.17) is 9.47 Å². The van der Waals surface area contributed by atoms with Crippen LogP contribution in [-0.4, -0.2) is 48.1 Å². The smallest absolute Gasteiger partial charge is 0.256 e. The van der Waals surface area contributed by atoms with Crippen LogP contribution in [0.5, 0.6) is 11.5 Å². The Labute approximate surface area is 154 Å². The van der Waals surface area contributed by atoms with E-state index in [0.717, 1.165) is 25.9 Å². The van der Waals surface area contributed by atoms with Gasteiger partial charge in [0, 0.05) is 31.5 Å². The van der Waals surface area contributed by atoms with Crippen LogP contribution in [0.2, 0.25) is 0 Å². The van der Waals surface area contributed by atoms with E-state index >= 15 is 0 Å². The van der Waals surface area contributed by atoms with Crippen molar-refractivity contribution in [3.05, 3.63) is 36.2 Å². The van der Waals surface area contributed by atoms with Crippen molar-refractivity contribution in [2.45, 2.75) is 26.7 Å². The Hall–Kier alpha value is -2.83. The maximum Gasteiger partial charge on any atom is 0.256 e. The summed E-state index contributed by atoms with van der Waals surface area (Å²) in [5, 5.41) is 3.09. The Kier molecular flexibility index (Phi) is 7.20. The summed E-state index contributed by atoms with van der Waals surface area (Å²) in [7, 11) is 3.19. The van der Waals surface area contributed by atoms with Crippen LogP contribution in [0.4, 0.5) is 11.6 Å². The Balaban J connectivity index is 2.16. The largest absolute Gasteiger partial charge is 0.497 e. The fourth-order valence-electron chi connectivity index (χ4n) is 2.57. The molecule has 140 valence electrons. The first-order chi connectivity index (χ1) is 12.6. The van der Waals surface area contributed by atoms with E-state index < -0.39 is 0 Å². The van der Waals surface area contributed by atoms with E-state index in [1.54, 1.807) is 38.7 Å². The van der Waals surface area contributed by atoms with Crippen LogP contribution >= 0.6 is 0 Å². The highest BCUT2D eigenvalue weighted by Crippen LogP contribution is 2.30. The number of hydrogen-bond acceptors (Lipinski definition) is 6. The standard InChI is InChI=1S/C19H26N4O3/c1-5-9-23(10-6-2)18(24)14-12-20-19(21-13-14)22-16-11-15(25-3)7-8-17(16)26-4/h7-8,11-13H,5-6,9-10H2,1-4H3,(H,20,21,22). The Bertz CT molecular complexity index is 713. The molecule has 26 heavy (non-hydrogen) atoms. The first-order valence-electron chi connectivity index (χ1n) is 8.73. The van der Waals surface area contributed by atoms with Crippen molar-refractivity contribution in [1.29, 1.82) is 0 Å². The third kappa shape index (κ3) is 4.84. The van der Waals surface area contributed by atoms with E-state index in [1.807, 2.05) is 11.0 Å². The molecule has 1 aromatic carbocycles. The molecule has 0 fully saturated rings. The van der Waals surface area contributed by atoms with Gasteiger partial charge in [-0.05, 0) is 25.0 Å². The summed E-state index contributed by atoms with van der Waals surface area (Å²) in [5.74, 6) is 1.67. The molecule has 0 bridgehead atoms. The van der Waals surface area contributed by atoms with Gasteiger partial charge in [-0.3, -0.25) is 4.79 Å². The van der Waals surface area contributed by atoms with Crippen LogP contribution in [-0.2, 0) is 0 Å². The Morgan fingerprint density at radius 3 is 2.27 bits per heavy atom. The molecule has 2 aromatic rings. The van der Waals surface area contributed by atoms with Crippen molar-refractivity contribution >= 4 is 17.5 Å². The minimum Gasteiger partial charge on any atom is -0.497 e. The van der Waals surface area contributed by atoms with Gasteiger partial charge in [0.25, 0.3) is 5.91 Å².